The molecule has 4 aliphatic carbocycles. The molecule has 1 aliphatic heterocycles. The van der Waals surface area contributed by atoms with E-state index in [-0.39, 0.29) is 28.7 Å². The highest BCUT2D eigenvalue weighted by Gasteiger charge is 2.65. The maximum Gasteiger partial charge on any atom is 0.303 e. The number of hydrogen-bond donors (Lipinski definition) is 0. The van der Waals surface area contributed by atoms with Gasteiger partial charge >= 0.3 is 11.9 Å². The summed E-state index contributed by atoms with van der Waals surface area (Å²) in [5.74, 6) is 3.27. The third-order valence-electron chi connectivity index (χ3n) is 12.6. The van der Waals surface area contributed by atoms with E-state index < -0.39 is 12.2 Å². The fourth-order valence-corrected chi connectivity index (χ4v) is 10.8. The fourth-order valence-electron chi connectivity index (χ4n) is 10.8. The Morgan fingerprint density at radius 1 is 0.949 bits per heavy atom. The summed E-state index contributed by atoms with van der Waals surface area (Å²) in [6, 6.07) is 0. The number of ether oxygens (including phenoxy) is 3. The number of hydrogen-bond acceptors (Lipinski definition) is 6. The van der Waals surface area contributed by atoms with Crippen LogP contribution in [0.3, 0.4) is 0 Å². The second kappa shape index (κ2) is 10.4. The van der Waals surface area contributed by atoms with E-state index in [4.69, 9.17) is 14.2 Å². The molecule has 0 bridgehead atoms. The van der Waals surface area contributed by atoms with Gasteiger partial charge in [-0.05, 0) is 90.8 Å². The molecule has 0 aromatic rings. The largest absolute Gasteiger partial charge is 0.459 e. The Morgan fingerprint density at radius 3 is 2.21 bits per heavy atom. The van der Waals surface area contributed by atoms with Crippen LogP contribution >= 0.6 is 0 Å². The van der Waals surface area contributed by atoms with Gasteiger partial charge in [0.1, 0.15) is 18.0 Å². The van der Waals surface area contributed by atoms with Crippen LogP contribution in [0.5, 0.6) is 0 Å². The summed E-state index contributed by atoms with van der Waals surface area (Å²) in [7, 11) is 0. The van der Waals surface area contributed by atoms with E-state index in [2.05, 4.69) is 41.5 Å². The van der Waals surface area contributed by atoms with E-state index in [1.807, 2.05) is 0 Å². The van der Waals surface area contributed by atoms with Crippen molar-refractivity contribution in [2.45, 2.75) is 131 Å². The predicted molar refractivity (Wildman–Crippen MR) is 149 cm³/mol. The van der Waals surface area contributed by atoms with Crippen LogP contribution in [0.2, 0.25) is 0 Å². The number of esters is 2. The van der Waals surface area contributed by atoms with E-state index in [9.17, 15) is 14.4 Å². The van der Waals surface area contributed by atoms with Crippen LogP contribution in [0, 0.1) is 58.2 Å². The lowest BCUT2D eigenvalue weighted by atomic mass is 9.44. The lowest BCUT2D eigenvalue weighted by molar-refractivity contribution is -0.195. The smallest absolute Gasteiger partial charge is 0.303 e. The molecule has 6 nitrogen and oxygen atoms in total. The van der Waals surface area contributed by atoms with Crippen molar-refractivity contribution in [2.75, 3.05) is 0 Å². The molecule has 5 fully saturated rings. The van der Waals surface area contributed by atoms with Gasteiger partial charge in [0, 0.05) is 26.2 Å². The SMILES string of the molecule is CC[C@@H](C(C)C)C1OC1[C@@H](C)[C@H]1CC[C@H]2[C@@H]3CC(=O)[C@H]4C[C@H](OC(C)=O)[C@H](OC(C)=O)C[C@]4(C)[C@H]3CC[C@]12C. The van der Waals surface area contributed by atoms with Crippen molar-refractivity contribution in [3.63, 3.8) is 0 Å². The number of Topliss-reactive ketones (excluding diaryl/α,β-unsaturated/α-hetero) is 1. The quantitative estimate of drug-likeness (QED) is 0.273. The van der Waals surface area contributed by atoms with Gasteiger partial charge in [-0.1, -0.05) is 48.0 Å². The fraction of sp³-hybridized carbons (Fsp3) is 0.909. The number of epoxide rings is 1. The summed E-state index contributed by atoms with van der Waals surface area (Å²) in [4.78, 5) is 37.7. The first-order valence-corrected chi connectivity index (χ1v) is 15.8. The topological polar surface area (TPSA) is 82.2 Å². The Bertz CT molecular complexity index is 975. The molecule has 0 spiro atoms. The second-order valence-electron chi connectivity index (χ2n) is 14.8. The van der Waals surface area contributed by atoms with Gasteiger partial charge < -0.3 is 14.2 Å². The highest BCUT2D eigenvalue weighted by atomic mass is 16.6. The average Bonchev–Trinajstić information content (AvgIpc) is 3.53. The number of fused-ring (bicyclic) bond motifs is 5. The first kappa shape index (κ1) is 29.1. The van der Waals surface area contributed by atoms with Crippen LogP contribution in [-0.2, 0) is 28.6 Å². The van der Waals surface area contributed by atoms with Crippen LogP contribution in [0.15, 0.2) is 0 Å². The van der Waals surface area contributed by atoms with E-state index >= 15 is 0 Å². The molecule has 0 N–H and O–H groups in total. The maximum absolute atomic E-state index is 13.8. The van der Waals surface area contributed by atoms with Crippen molar-refractivity contribution >= 4 is 17.7 Å². The molecule has 6 heteroatoms. The van der Waals surface area contributed by atoms with Crippen LogP contribution in [-0.4, -0.2) is 42.1 Å². The van der Waals surface area contributed by atoms with Crippen molar-refractivity contribution in [1.82, 2.24) is 0 Å². The number of carbonyl (C=O) groups excluding carboxylic acids is 3. The molecule has 220 valence electrons. The van der Waals surface area contributed by atoms with Crippen molar-refractivity contribution < 1.29 is 28.6 Å². The Hall–Kier alpha value is -1.43. The first-order chi connectivity index (χ1) is 18.3. The standard InChI is InChI=1S/C33H52O6/c1-9-21(17(2)3)31-30(39-31)18(4)23-10-11-24-22-14-27(36)26-15-28(37-19(5)34)29(38-20(6)35)16-33(26,8)25(22)12-13-32(23,24)7/h17-18,21-26,28-31H,9-16H2,1-8H3/t18-,21-,22-,23+,24-,25-,26+,28-,29+,30?,31?,32+,33+/m0/s1. The van der Waals surface area contributed by atoms with Gasteiger partial charge in [0.2, 0.25) is 0 Å². The van der Waals surface area contributed by atoms with Gasteiger partial charge in [-0.15, -0.1) is 0 Å². The number of ketones is 1. The van der Waals surface area contributed by atoms with Gasteiger partial charge in [-0.25, -0.2) is 0 Å². The number of rotatable bonds is 7. The molecule has 39 heavy (non-hydrogen) atoms. The summed E-state index contributed by atoms with van der Waals surface area (Å²) in [5.41, 5.74) is 0.00242. The summed E-state index contributed by atoms with van der Waals surface area (Å²) < 4.78 is 17.7. The molecule has 0 amide bonds. The lowest BCUT2D eigenvalue weighted by Crippen LogP contribution is -2.60. The van der Waals surface area contributed by atoms with Gasteiger partial charge in [0.15, 0.2) is 0 Å². The zero-order chi connectivity index (χ0) is 28.4. The van der Waals surface area contributed by atoms with Crippen LogP contribution in [0.25, 0.3) is 0 Å². The van der Waals surface area contributed by atoms with Gasteiger partial charge in [0.25, 0.3) is 0 Å². The molecule has 5 rings (SSSR count). The highest BCUT2D eigenvalue weighted by Crippen LogP contribution is 2.68. The third-order valence-corrected chi connectivity index (χ3v) is 12.6. The Morgan fingerprint density at radius 2 is 1.59 bits per heavy atom. The van der Waals surface area contributed by atoms with E-state index in [1.54, 1.807) is 0 Å². The van der Waals surface area contributed by atoms with Gasteiger partial charge in [0.05, 0.1) is 12.2 Å². The van der Waals surface area contributed by atoms with E-state index in [1.165, 1.54) is 39.5 Å². The third kappa shape index (κ3) is 4.89. The molecule has 4 saturated carbocycles. The van der Waals surface area contributed by atoms with Crippen molar-refractivity contribution in [1.29, 1.82) is 0 Å². The zero-order valence-corrected chi connectivity index (χ0v) is 25.5. The molecule has 1 heterocycles. The van der Waals surface area contributed by atoms with E-state index in [0.717, 1.165) is 6.42 Å². The van der Waals surface area contributed by atoms with E-state index in [0.29, 0.717) is 78.7 Å². The predicted octanol–water partition coefficient (Wildman–Crippen LogP) is 6.38. The average molecular weight is 545 g/mol. The van der Waals surface area contributed by atoms with Crippen molar-refractivity contribution in [3.05, 3.63) is 0 Å². The molecule has 5 aliphatic rings. The summed E-state index contributed by atoms with van der Waals surface area (Å²) in [6.07, 6.45) is 7.37. The molecule has 0 aromatic heterocycles. The van der Waals surface area contributed by atoms with Crippen molar-refractivity contribution in [2.24, 2.45) is 58.2 Å². The Kier molecular flexibility index (Phi) is 7.78. The molecule has 0 aromatic carbocycles. The Labute approximate surface area is 235 Å². The second-order valence-corrected chi connectivity index (χ2v) is 14.8. The minimum absolute atomic E-state index is 0.141. The minimum atomic E-state index is -0.542. The first-order valence-electron chi connectivity index (χ1n) is 15.8. The van der Waals surface area contributed by atoms with Crippen molar-refractivity contribution in [3.8, 4) is 0 Å². The molecular weight excluding hydrogens is 492 g/mol. The molecular formula is C33H52O6. The summed E-state index contributed by atoms with van der Waals surface area (Å²) in [5, 5.41) is 0. The summed E-state index contributed by atoms with van der Waals surface area (Å²) >= 11 is 0. The van der Waals surface area contributed by atoms with Crippen LogP contribution in [0.4, 0.5) is 0 Å². The highest BCUT2D eigenvalue weighted by molar-refractivity contribution is 5.83. The Balaban J connectivity index is 1.35. The molecule has 1 saturated heterocycles. The lowest BCUT2D eigenvalue weighted by Gasteiger charge is -2.61. The molecule has 0 radical (unpaired) electrons. The van der Waals surface area contributed by atoms with Gasteiger partial charge in [-0.3, -0.25) is 14.4 Å². The monoisotopic (exact) mass is 544 g/mol. The zero-order valence-electron chi connectivity index (χ0n) is 25.5. The number of carbonyl (C=O) groups is 3. The van der Waals surface area contributed by atoms with Gasteiger partial charge in [-0.2, -0.15) is 0 Å². The maximum atomic E-state index is 13.8. The molecule has 2 unspecified atom stereocenters. The normalized spacial score (nSPS) is 46.5. The van der Waals surface area contributed by atoms with Crippen LogP contribution in [0.1, 0.15) is 107 Å². The molecule has 13 atom stereocenters. The summed E-state index contributed by atoms with van der Waals surface area (Å²) in [6.45, 7) is 17.0. The van der Waals surface area contributed by atoms with Crippen LogP contribution < -0.4 is 0 Å². The minimum Gasteiger partial charge on any atom is -0.459 e.